The standard InChI is InChI=1S/C17H25NO/c1-17(10-5-2-6-11-18-17)13-16-15-8-4-3-7-14(15)9-12-19-16/h3-4,7-8,16,18H,2,5-6,9-13H2,1H3. The molecule has 2 atom stereocenters. The third-order valence-electron chi connectivity index (χ3n) is 4.69. The summed E-state index contributed by atoms with van der Waals surface area (Å²) in [5, 5.41) is 3.76. The van der Waals surface area contributed by atoms with Crippen molar-refractivity contribution in [3.63, 3.8) is 0 Å². The molecule has 2 unspecified atom stereocenters. The second kappa shape index (κ2) is 5.64. The van der Waals surface area contributed by atoms with E-state index in [1.807, 2.05) is 0 Å². The van der Waals surface area contributed by atoms with Crippen molar-refractivity contribution in [2.75, 3.05) is 13.2 Å². The van der Waals surface area contributed by atoms with Gasteiger partial charge in [0.15, 0.2) is 0 Å². The normalized spacial score (nSPS) is 31.5. The molecule has 2 nitrogen and oxygen atoms in total. The van der Waals surface area contributed by atoms with Gasteiger partial charge in [-0.15, -0.1) is 0 Å². The quantitative estimate of drug-likeness (QED) is 0.876. The summed E-state index contributed by atoms with van der Waals surface area (Å²) < 4.78 is 6.07. The van der Waals surface area contributed by atoms with Crippen LogP contribution >= 0.6 is 0 Å². The molecular formula is C17H25NO. The summed E-state index contributed by atoms with van der Waals surface area (Å²) in [6.45, 7) is 4.40. The Hall–Kier alpha value is -0.860. The highest BCUT2D eigenvalue weighted by Crippen LogP contribution is 2.35. The van der Waals surface area contributed by atoms with Crippen LogP contribution in [0.3, 0.4) is 0 Å². The maximum Gasteiger partial charge on any atom is 0.0845 e. The molecule has 2 heteroatoms. The summed E-state index contributed by atoms with van der Waals surface area (Å²) in [6, 6.07) is 8.79. The van der Waals surface area contributed by atoms with E-state index in [9.17, 15) is 0 Å². The zero-order valence-electron chi connectivity index (χ0n) is 12.0. The Bertz CT molecular complexity index is 421. The highest BCUT2D eigenvalue weighted by molar-refractivity contribution is 5.31. The topological polar surface area (TPSA) is 21.3 Å². The third kappa shape index (κ3) is 3.01. The van der Waals surface area contributed by atoms with Gasteiger partial charge in [-0.1, -0.05) is 37.1 Å². The molecule has 1 saturated heterocycles. The third-order valence-corrected chi connectivity index (χ3v) is 4.69. The Morgan fingerprint density at radius 3 is 3.11 bits per heavy atom. The van der Waals surface area contributed by atoms with Gasteiger partial charge >= 0.3 is 0 Å². The van der Waals surface area contributed by atoms with Crippen LogP contribution in [0.5, 0.6) is 0 Å². The van der Waals surface area contributed by atoms with Crippen molar-refractivity contribution >= 4 is 0 Å². The lowest BCUT2D eigenvalue weighted by atomic mass is 9.85. The molecule has 19 heavy (non-hydrogen) atoms. The largest absolute Gasteiger partial charge is 0.373 e. The number of benzene rings is 1. The summed E-state index contributed by atoms with van der Waals surface area (Å²) >= 11 is 0. The van der Waals surface area contributed by atoms with Crippen molar-refractivity contribution in [2.45, 2.75) is 57.1 Å². The summed E-state index contributed by atoms with van der Waals surface area (Å²) in [6.07, 6.45) is 7.75. The average molecular weight is 259 g/mol. The fourth-order valence-corrected chi connectivity index (χ4v) is 3.52. The number of hydrogen-bond acceptors (Lipinski definition) is 2. The van der Waals surface area contributed by atoms with Crippen LogP contribution in [0.4, 0.5) is 0 Å². The lowest BCUT2D eigenvalue weighted by Crippen LogP contribution is -2.43. The van der Waals surface area contributed by atoms with Crippen LogP contribution in [0, 0.1) is 0 Å². The first-order valence-electron chi connectivity index (χ1n) is 7.71. The maximum atomic E-state index is 6.07. The molecule has 1 aromatic rings. The molecule has 0 bridgehead atoms. The number of nitrogens with one attached hydrogen (secondary N) is 1. The minimum absolute atomic E-state index is 0.242. The smallest absolute Gasteiger partial charge is 0.0845 e. The number of hydrogen-bond donors (Lipinski definition) is 1. The number of ether oxygens (including phenoxy) is 1. The first kappa shape index (κ1) is 13.1. The lowest BCUT2D eigenvalue weighted by Gasteiger charge is -2.36. The lowest BCUT2D eigenvalue weighted by molar-refractivity contribution is 0.0171. The molecule has 2 aliphatic heterocycles. The summed E-state index contributed by atoms with van der Waals surface area (Å²) in [5.41, 5.74) is 3.14. The van der Waals surface area contributed by atoms with E-state index in [-0.39, 0.29) is 11.6 Å². The zero-order chi connectivity index (χ0) is 13.1. The van der Waals surface area contributed by atoms with E-state index in [1.54, 1.807) is 0 Å². The van der Waals surface area contributed by atoms with E-state index in [2.05, 4.69) is 36.5 Å². The van der Waals surface area contributed by atoms with Gasteiger partial charge in [-0.05, 0) is 50.3 Å². The highest BCUT2D eigenvalue weighted by atomic mass is 16.5. The number of rotatable bonds is 2. The molecule has 1 N–H and O–H groups in total. The van der Waals surface area contributed by atoms with Gasteiger partial charge in [0, 0.05) is 5.54 Å². The molecule has 3 rings (SSSR count). The second-order valence-electron chi connectivity index (χ2n) is 6.31. The van der Waals surface area contributed by atoms with E-state index in [0.717, 1.165) is 26.0 Å². The zero-order valence-corrected chi connectivity index (χ0v) is 12.0. The van der Waals surface area contributed by atoms with Crippen LogP contribution in [0.1, 0.15) is 56.3 Å². The minimum atomic E-state index is 0.242. The van der Waals surface area contributed by atoms with Crippen molar-refractivity contribution in [3.05, 3.63) is 35.4 Å². The van der Waals surface area contributed by atoms with Crippen molar-refractivity contribution in [2.24, 2.45) is 0 Å². The first-order chi connectivity index (χ1) is 9.27. The molecule has 2 aliphatic rings. The fourth-order valence-electron chi connectivity index (χ4n) is 3.52. The van der Waals surface area contributed by atoms with Crippen molar-refractivity contribution in [1.29, 1.82) is 0 Å². The molecule has 0 spiro atoms. The van der Waals surface area contributed by atoms with Gasteiger partial charge in [0.05, 0.1) is 12.7 Å². The molecule has 0 saturated carbocycles. The van der Waals surface area contributed by atoms with E-state index >= 15 is 0 Å². The van der Waals surface area contributed by atoms with Gasteiger partial charge in [-0.25, -0.2) is 0 Å². The Morgan fingerprint density at radius 2 is 2.16 bits per heavy atom. The van der Waals surface area contributed by atoms with Gasteiger partial charge in [0.25, 0.3) is 0 Å². The highest BCUT2D eigenvalue weighted by Gasteiger charge is 2.31. The van der Waals surface area contributed by atoms with Crippen molar-refractivity contribution in [3.8, 4) is 0 Å². The van der Waals surface area contributed by atoms with Gasteiger partial charge in [0.2, 0.25) is 0 Å². The van der Waals surface area contributed by atoms with E-state index < -0.39 is 0 Å². The Kier molecular flexibility index (Phi) is 3.90. The van der Waals surface area contributed by atoms with Gasteiger partial charge in [-0.3, -0.25) is 0 Å². The van der Waals surface area contributed by atoms with Gasteiger partial charge < -0.3 is 10.1 Å². The predicted molar refractivity (Wildman–Crippen MR) is 78.3 cm³/mol. The molecular weight excluding hydrogens is 234 g/mol. The summed E-state index contributed by atoms with van der Waals surface area (Å²) in [5.74, 6) is 0. The minimum Gasteiger partial charge on any atom is -0.373 e. The van der Waals surface area contributed by atoms with Crippen LogP contribution in [-0.2, 0) is 11.2 Å². The Labute approximate surface area is 116 Å². The van der Waals surface area contributed by atoms with Crippen LogP contribution in [0.2, 0.25) is 0 Å². The van der Waals surface area contributed by atoms with Crippen LogP contribution in [0.15, 0.2) is 24.3 Å². The second-order valence-corrected chi connectivity index (χ2v) is 6.31. The predicted octanol–water partition coefficient (Wildman–Crippen LogP) is 3.61. The summed E-state index contributed by atoms with van der Waals surface area (Å²) in [4.78, 5) is 0. The van der Waals surface area contributed by atoms with E-state index in [4.69, 9.17) is 4.74 Å². The molecule has 0 aromatic heterocycles. The van der Waals surface area contributed by atoms with E-state index in [0.29, 0.717) is 0 Å². The van der Waals surface area contributed by atoms with Gasteiger partial charge in [-0.2, -0.15) is 0 Å². The summed E-state index contributed by atoms with van der Waals surface area (Å²) in [7, 11) is 0. The maximum absolute atomic E-state index is 6.07. The molecule has 0 radical (unpaired) electrons. The molecule has 0 aliphatic carbocycles. The number of fused-ring (bicyclic) bond motifs is 1. The molecule has 0 amide bonds. The Balaban J connectivity index is 1.76. The monoisotopic (exact) mass is 259 g/mol. The fraction of sp³-hybridized carbons (Fsp3) is 0.647. The average Bonchev–Trinajstić information content (AvgIpc) is 2.64. The molecule has 1 fully saturated rings. The van der Waals surface area contributed by atoms with Crippen LogP contribution in [0.25, 0.3) is 0 Å². The van der Waals surface area contributed by atoms with Crippen LogP contribution < -0.4 is 5.32 Å². The molecule has 104 valence electrons. The Morgan fingerprint density at radius 1 is 1.26 bits per heavy atom. The first-order valence-corrected chi connectivity index (χ1v) is 7.71. The van der Waals surface area contributed by atoms with Crippen molar-refractivity contribution < 1.29 is 4.74 Å². The molecule has 1 aromatic carbocycles. The van der Waals surface area contributed by atoms with Crippen molar-refractivity contribution in [1.82, 2.24) is 5.32 Å². The van der Waals surface area contributed by atoms with Gasteiger partial charge in [0.1, 0.15) is 0 Å². The molecule has 2 heterocycles. The van der Waals surface area contributed by atoms with E-state index in [1.165, 1.54) is 36.8 Å². The van der Waals surface area contributed by atoms with Crippen LogP contribution in [-0.4, -0.2) is 18.7 Å². The SMILES string of the molecule is CC1(CC2OCCc3ccccc32)CCCCCN1.